The first kappa shape index (κ1) is 23.2. The van der Waals surface area contributed by atoms with Gasteiger partial charge in [-0.3, -0.25) is 18.7 Å². The summed E-state index contributed by atoms with van der Waals surface area (Å²) in [6, 6.07) is 11.0. The standard InChI is InChI=1S/C22H15ClF3N5O3/c23-15-7-3-1-5-13(15)11-31-20(33)18-19(28-10-9-27-18)30(21(31)34)12-17(32)29-16-8-4-2-6-14(16)22(24,25)26/h1-10H,11-12H2,(H,29,32). The number of halogens is 4. The zero-order valence-electron chi connectivity index (χ0n) is 17.2. The predicted molar refractivity (Wildman–Crippen MR) is 119 cm³/mol. The third-order valence-electron chi connectivity index (χ3n) is 4.94. The highest BCUT2D eigenvalue weighted by molar-refractivity contribution is 6.31. The lowest BCUT2D eigenvalue weighted by Gasteiger charge is -2.15. The van der Waals surface area contributed by atoms with E-state index in [-0.39, 0.29) is 17.7 Å². The van der Waals surface area contributed by atoms with Crippen LogP contribution in [0.2, 0.25) is 5.02 Å². The van der Waals surface area contributed by atoms with Crippen LogP contribution in [-0.2, 0) is 24.1 Å². The van der Waals surface area contributed by atoms with Crippen LogP contribution in [0.5, 0.6) is 0 Å². The molecule has 4 aromatic rings. The van der Waals surface area contributed by atoms with E-state index in [1.807, 2.05) is 0 Å². The highest BCUT2D eigenvalue weighted by atomic mass is 35.5. The molecule has 0 unspecified atom stereocenters. The third-order valence-corrected chi connectivity index (χ3v) is 5.31. The quantitative estimate of drug-likeness (QED) is 0.464. The molecule has 0 aliphatic rings. The Bertz CT molecular complexity index is 1510. The van der Waals surface area contributed by atoms with Crippen molar-refractivity contribution < 1.29 is 18.0 Å². The number of carbonyl (C=O) groups is 1. The number of fused-ring (bicyclic) bond motifs is 1. The van der Waals surface area contributed by atoms with Crippen molar-refractivity contribution in [1.29, 1.82) is 0 Å². The molecule has 8 nitrogen and oxygen atoms in total. The smallest absolute Gasteiger partial charge is 0.324 e. The molecule has 1 amide bonds. The third kappa shape index (κ3) is 4.55. The maximum absolute atomic E-state index is 13.3. The summed E-state index contributed by atoms with van der Waals surface area (Å²) in [6.07, 6.45) is -2.22. The topological polar surface area (TPSA) is 98.9 Å². The van der Waals surface area contributed by atoms with Gasteiger partial charge in [-0.15, -0.1) is 0 Å². The molecule has 0 saturated heterocycles. The average molecular weight is 490 g/mol. The maximum Gasteiger partial charge on any atom is 0.418 e. The molecule has 34 heavy (non-hydrogen) atoms. The van der Waals surface area contributed by atoms with E-state index in [0.29, 0.717) is 10.6 Å². The summed E-state index contributed by atoms with van der Waals surface area (Å²) in [4.78, 5) is 46.7. The van der Waals surface area contributed by atoms with E-state index >= 15 is 0 Å². The van der Waals surface area contributed by atoms with Gasteiger partial charge in [-0.05, 0) is 23.8 Å². The molecule has 0 radical (unpaired) electrons. The van der Waals surface area contributed by atoms with Crippen molar-refractivity contribution in [2.45, 2.75) is 19.3 Å². The molecule has 0 atom stereocenters. The molecule has 2 aromatic heterocycles. The Hall–Kier alpha value is -3.99. The Kier molecular flexibility index (Phi) is 6.20. The van der Waals surface area contributed by atoms with E-state index in [1.165, 1.54) is 24.5 Å². The van der Waals surface area contributed by atoms with E-state index < -0.39 is 41.1 Å². The van der Waals surface area contributed by atoms with E-state index in [1.54, 1.807) is 24.3 Å². The second-order valence-electron chi connectivity index (χ2n) is 7.17. The van der Waals surface area contributed by atoms with Crippen LogP contribution in [0.25, 0.3) is 11.2 Å². The minimum atomic E-state index is -4.69. The van der Waals surface area contributed by atoms with Gasteiger partial charge in [0.2, 0.25) is 5.91 Å². The number of benzene rings is 2. The zero-order valence-corrected chi connectivity index (χ0v) is 18.0. The van der Waals surface area contributed by atoms with Crippen LogP contribution in [0.15, 0.2) is 70.5 Å². The number of anilines is 1. The Morgan fingerprint density at radius 2 is 1.65 bits per heavy atom. The monoisotopic (exact) mass is 489 g/mol. The van der Waals surface area contributed by atoms with Gasteiger partial charge in [-0.25, -0.2) is 14.8 Å². The summed E-state index contributed by atoms with van der Waals surface area (Å²) in [5, 5.41) is 2.50. The number of para-hydroxylation sites is 1. The Morgan fingerprint density at radius 3 is 2.38 bits per heavy atom. The van der Waals surface area contributed by atoms with Crippen LogP contribution in [0, 0.1) is 0 Å². The zero-order chi connectivity index (χ0) is 24.5. The molecule has 0 bridgehead atoms. The molecule has 0 fully saturated rings. The van der Waals surface area contributed by atoms with Crippen LogP contribution in [0.1, 0.15) is 11.1 Å². The van der Waals surface area contributed by atoms with Gasteiger partial charge >= 0.3 is 11.9 Å². The van der Waals surface area contributed by atoms with Gasteiger partial charge in [0.25, 0.3) is 5.56 Å². The molecule has 12 heteroatoms. The molecule has 4 rings (SSSR count). The molecule has 1 N–H and O–H groups in total. The van der Waals surface area contributed by atoms with Crippen molar-refractivity contribution in [3.63, 3.8) is 0 Å². The summed E-state index contributed by atoms with van der Waals surface area (Å²) >= 11 is 6.15. The van der Waals surface area contributed by atoms with E-state index in [2.05, 4.69) is 15.3 Å². The lowest BCUT2D eigenvalue weighted by Crippen LogP contribution is -2.42. The fraction of sp³-hybridized carbons (Fsp3) is 0.136. The molecule has 0 aliphatic heterocycles. The van der Waals surface area contributed by atoms with Crippen molar-refractivity contribution in [3.05, 3.63) is 97.9 Å². The van der Waals surface area contributed by atoms with E-state index in [0.717, 1.165) is 21.3 Å². The number of carbonyl (C=O) groups excluding carboxylic acids is 1. The van der Waals surface area contributed by atoms with Crippen LogP contribution in [-0.4, -0.2) is 25.0 Å². The first-order chi connectivity index (χ1) is 16.2. The van der Waals surface area contributed by atoms with Gasteiger partial charge < -0.3 is 5.32 Å². The molecule has 0 aliphatic carbocycles. The minimum absolute atomic E-state index is 0.174. The van der Waals surface area contributed by atoms with Gasteiger partial charge in [0.05, 0.1) is 17.8 Å². The molecule has 2 aromatic carbocycles. The number of alkyl halides is 3. The maximum atomic E-state index is 13.3. The van der Waals surface area contributed by atoms with Gasteiger partial charge in [0, 0.05) is 17.4 Å². The molecular weight excluding hydrogens is 475 g/mol. The fourth-order valence-corrected chi connectivity index (χ4v) is 3.58. The molecule has 0 spiro atoms. The van der Waals surface area contributed by atoms with Crippen molar-refractivity contribution in [2.24, 2.45) is 0 Å². The average Bonchev–Trinajstić information content (AvgIpc) is 2.80. The fourth-order valence-electron chi connectivity index (χ4n) is 3.38. The lowest BCUT2D eigenvalue weighted by atomic mass is 10.1. The van der Waals surface area contributed by atoms with E-state index in [4.69, 9.17) is 11.6 Å². The number of aromatic nitrogens is 4. The molecule has 0 saturated carbocycles. The Morgan fingerprint density at radius 1 is 0.971 bits per heavy atom. The van der Waals surface area contributed by atoms with Crippen molar-refractivity contribution in [3.8, 4) is 0 Å². The van der Waals surface area contributed by atoms with Gasteiger partial charge in [0.1, 0.15) is 6.54 Å². The van der Waals surface area contributed by atoms with Crippen molar-refractivity contribution in [2.75, 3.05) is 5.32 Å². The predicted octanol–water partition coefficient (Wildman–Crippen LogP) is 3.31. The summed E-state index contributed by atoms with van der Waals surface area (Å²) in [6.45, 7) is -0.911. The van der Waals surface area contributed by atoms with Crippen molar-refractivity contribution in [1.82, 2.24) is 19.1 Å². The Labute approximate surface area is 194 Å². The number of hydrogen-bond donors (Lipinski definition) is 1. The number of amides is 1. The number of hydrogen-bond acceptors (Lipinski definition) is 5. The molecule has 174 valence electrons. The first-order valence-corrected chi connectivity index (χ1v) is 10.2. The van der Waals surface area contributed by atoms with Crippen LogP contribution < -0.4 is 16.6 Å². The second-order valence-corrected chi connectivity index (χ2v) is 7.58. The Balaban J connectivity index is 1.76. The van der Waals surface area contributed by atoms with Crippen LogP contribution in [0.4, 0.5) is 18.9 Å². The van der Waals surface area contributed by atoms with Crippen LogP contribution >= 0.6 is 11.6 Å². The van der Waals surface area contributed by atoms with E-state index in [9.17, 15) is 27.6 Å². The largest absolute Gasteiger partial charge is 0.418 e. The summed E-state index contributed by atoms with van der Waals surface area (Å²) in [7, 11) is 0. The summed E-state index contributed by atoms with van der Waals surface area (Å²) < 4.78 is 41.5. The number of rotatable bonds is 5. The van der Waals surface area contributed by atoms with Gasteiger partial charge in [-0.1, -0.05) is 41.9 Å². The minimum Gasteiger partial charge on any atom is -0.324 e. The first-order valence-electron chi connectivity index (χ1n) is 9.80. The molecular formula is C22H15ClF3N5O3. The van der Waals surface area contributed by atoms with Crippen molar-refractivity contribution >= 4 is 34.4 Å². The number of nitrogens with one attached hydrogen (secondary N) is 1. The van der Waals surface area contributed by atoms with Gasteiger partial charge in [0.15, 0.2) is 11.2 Å². The second kappa shape index (κ2) is 9.10. The summed E-state index contributed by atoms with van der Waals surface area (Å²) in [5.41, 5.74) is -3.02. The van der Waals surface area contributed by atoms with Crippen LogP contribution in [0.3, 0.4) is 0 Å². The SMILES string of the molecule is O=C(Cn1c(=O)n(Cc2ccccc2Cl)c(=O)c2nccnc21)Nc1ccccc1C(F)(F)F. The molecule has 2 heterocycles. The normalized spacial score (nSPS) is 11.5. The van der Waals surface area contributed by atoms with Gasteiger partial charge in [-0.2, -0.15) is 13.2 Å². The number of nitrogens with zero attached hydrogens (tertiary/aromatic N) is 4. The summed E-state index contributed by atoms with van der Waals surface area (Å²) in [5.74, 6) is -0.923. The lowest BCUT2D eigenvalue weighted by molar-refractivity contribution is -0.137. The highest BCUT2D eigenvalue weighted by Crippen LogP contribution is 2.34. The highest BCUT2D eigenvalue weighted by Gasteiger charge is 2.33.